The first-order valence-corrected chi connectivity index (χ1v) is 7.15. The molecular weight excluding hydrogens is 276 g/mol. The minimum atomic E-state index is -0.941. The lowest BCUT2D eigenvalue weighted by Gasteiger charge is -2.28. The second-order valence-electron chi connectivity index (χ2n) is 6.75. The number of hydrogen-bond donors (Lipinski definition) is 3. The Labute approximate surface area is 125 Å². The zero-order valence-electron chi connectivity index (χ0n) is 13.3. The number of β-amino-alcohol motifs (C(OH)–C–C–N with tert-alkyl or cyclic N) is 2. The Morgan fingerprint density at radius 3 is 2.05 bits per heavy atom. The summed E-state index contributed by atoms with van der Waals surface area (Å²) in [6.45, 7) is 8.98. The summed E-state index contributed by atoms with van der Waals surface area (Å²) in [5.41, 5.74) is -0.644. The Morgan fingerprint density at radius 2 is 1.67 bits per heavy atom. The summed E-state index contributed by atoms with van der Waals surface area (Å²) in [7, 11) is 0. The first-order chi connectivity index (χ1) is 9.51. The van der Waals surface area contributed by atoms with Crippen molar-refractivity contribution in [1.82, 2.24) is 10.2 Å². The van der Waals surface area contributed by atoms with Gasteiger partial charge in [0, 0.05) is 13.1 Å². The average molecular weight is 302 g/mol. The van der Waals surface area contributed by atoms with Gasteiger partial charge >= 0.3 is 6.09 Å². The number of hydrogen-bond acceptors (Lipinski definition) is 5. The third-order valence-corrected chi connectivity index (χ3v) is 3.18. The molecule has 0 spiro atoms. The van der Waals surface area contributed by atoms with Crippen LogP contribution in [0.15, 0.2) is 0 Å². The van der Waals surface area contributed by atoms with Crippen molar-refractivity contribution in [3.05, 3.63) is 0 Å². The summed E-state index contributed by atoms with van der Waals surface area (Å²) in [5, 5.41) is 21.6. The maximum absolute atomic E-state index is 12.4. The summed E-state index contributed by atoms with van der Waals surface area (Å²) in [4.78, 5) is 25.6. The van der Waals surface area contributed by atoms with Gasteiger partial charge in [0.15, 0.2) is 0 Å². The van der Waals surface area contributed by atoms with Gasteiger partial charge in [0.25, 0.3) is 0 Å². The summed E-state index contributed by atoms with van der Waals surface area (Å²) in [5.74, 6) is -0.466. The van der Waals surface area contributed by atoms with Gasteiger partial charge < -0.3 is 25.2 Å². The number of alkyl carbamates (subject to hydrolysis) is 1. The van der Waals surface area contributed by atoms with Crippen LogP contribution < -0.4 is 5.32 Å². The Balaban J connectivity index is 2.69. The van der Waals surface area contributed by atoms with Crippen LogP contribution >= 0.6 is 0 Å². The lowest BCUT2D eigenvalue weighted by Crippen LogP contribution is -2.52. The van der Waals surface area contributed by atoms with Crippen molar-refractivity contribution < 1.29 is 24.5 Å². The number of likely N-dealkylation sites (tertiary alicyclic amines) is 1. The van der Waals surface area contributed by atoms with Crippen LogP contribution in [0.2, 0.25) is 0 Å². The first kappa shape index (κ1) is 17.7. The van der Waals surface area contributed by atoms with Gasteiger partial charge in [-0.3, -0.25) is 4.79 Å². The van der Waals surface area contributed by atoms with Crippen LogP contribution in [-0.4, -0.2) is 64.1 Å². The van der Waals surface area contributed by atoms with E-state index in [0.29, 0.717) is 0 Å². The fourth-order valence-corrected chi connectivity index (χ4v) is 2.09. The van der Waals surface area contributed by atoms with E-state index in [1.807, 2.05) is 13.8 Å². The van der Waals surface area contributed by atoms with Crippen LogP contribution in [0.3, 0.4) is 0 Å². The predicted molar refractivity (Wildman–Crippen MR) is 76.6 cm³/mol. The lowest BCUT2D eigenvalue weighted by molar-refractivity contribution is -0.134. The summed E-state index contributed by atoms with van der Waals surface area (Å²) >= 11 is 0. The topological polar surface area (TPSA) is 99.1 Å². The van der Waals surface area contributed by atoms with Gasteiger partial charge in [0.2, 0.25) is 5.91 Å². The molecule has 2 amide bonds. The molecule has 0 aromatic rings. The molecule has 0 saturated carbocycles. The maximum Gasteiger partial charge on any atom is 0.408 e. The number of carbonyl (C=O) groups excluding carboxylic acids is 2. The number of aliphatic hydroxyl groups is 2. The van der Waals surface area contributed by atoms with Crippen molar-refractivity contribution >= 4 is 12.0 Å². The Bertz CT molecular complexity index is 381. The number of nitrogens with zero attached hydrogens (tertiary/aromatic N) is 1. The first-order valence-electron chi connectivity index (χ1n) is 7.15. The minimum absolute atomic E-state index is 0.0687. The van der Waals surface area contributed by atoms with Crippen LogP contribution in [0.25, 0.3) is 0 Å². The summed E-state index contributed by atoms with van der Waals surface area (Å²) in [6.07, 6.45) is -2.54. The molecule has 0 radical (unpaired) electrons. The van der Waals surface area contributed by atoms with Gasteiger partial charge in [0.05, 0.1) is 12.2 Å². The maximum atomic E-state index is 12.4. The normalized spacial score (nSPS) is 24.1. The van der Waals surface area contributed by atoms with E-state index >= 15 is 0 Å². The van der Waals surface area contributed by atoms with Crippen molar-refractivity contribution in [2.45, 2.75) is 58.5 Å². The molecule has 3 N–H and O–H groups in total. The van der Waals surface area contributed by atoms with Crippen molar-refractivity contribution in [3.8, 4) is 0 Å². The Morgan fingerprint density at radius 1 is 1.19 bits per heavy atom. The van der Waals surface area contributed by atoms with Crippen molar-refractivity contribution in [3.63, 3.8) is 0 Å². The molecule has 1 heterocycles. The largest absolute Gasteiger partial charge is 0.444 e. The van der Waals surface area contributed by atoms with Gasteiger partial charge in [-0.1, -0.05) is 13.8 Å². The highest BCUT2D eigenvalue weighted by atomic mass is 16.6. The molecule has 0 unspecified atom stereocenters. The van der Waals surface area contributed by atoms with Gasteiger partial charge in [-0.15, -0.1) is 0 Å². The predicted octanol–water partition coefficient (Wildman–Crippen LogP) is 0.0997. The fourth-order valence-electron chi connectivity index (χ4n) is 2.09. The molecular formula is C14H26N2O5. The van der Waals surface area contributed by atoms with E-state index in [9.17, 15) is 19.8 Å². The zero-order valence-corrected chi connectivity index (χ0v) is 13.3. The number of carbonyl (C=O) groups is 2. The van der Waals surface area contributed by atoms with Crippen molar-refractivity contribution in [2.24, 2.45) is 5.92 Å². The Kier molecular flexibility index (Phi) is 5.58. The van der Waals surface area contributed by atoms with Crippen molar-refractivity contribution in [2.75, 3.05) is 13.1 Å². The van der Waals surface area contributed by atoms with Crippen LogP contribution in [0, 0.1) is 5.92 Å². The molecule has 1 aliphatic heterocycles. The molecule has 1 rings (SSSR count). The monoisotopic (exact) mass is 302 g/mol. The number of ether oxygens (including phenoxy) is 1. The molecule has 0 aromatic heterocycles. The van der Waals surface area contributed by atoms with E-state index in [1.165, 1.54) is 4.90 Å². The molecule has 1 fully saturated rings. The van der Waals surface area contributed by atoms with Crippen LogP contribution in [-0.2, 0) is 9.53 Å². The fraction of sp³-hybridized carbons (Fsp3) is 0.857. The van der Waals surface area contributed by atoms with Gasteiger partial charge in [-0.25, -0.2) is 4.79 Å². The average Bonchev–Trinajstić information content (AvgIpc) is 2.63. The molecule has 0 aromatic carbocycles. The van der Waals surface area contributed by atoms with Gasteiger partial charge in [0.1, 0.15) is 11.6 Å². The number of amides is 2. The molecule has 21 heavy (non-hydrogen) atoms. The third kappa shape index (κ3) is 5.17. The lowest BCUT2D eigenvalue weighted by atomic mass is 10.0. The SMILES string of the molecule is CC(C)[C@H](NC(=O)OC(C)(C)C)C(=O)N1C[C@H](O)[C@@H](O)C1. The molecule has 0 bridgehead atoms. The number of nitrogens with one attached hydrogen (secondary N) is 1. The highest BCUT2D eigenvalue weighted by Gasteiger charge is 2.37. The minimum Gasteiger partial charge on any atom is -0.444 e. The van der Waals surface area contributed by atoms with E-state index in [1.54, 1.807) is 20.8 Å². The highest BCUT2D eigenvalue weighted by Crippen LogP contribution is 2.15. The van der Waals surface area contributed by atoms with Crippen LogP contribution in [0.4, 0.5) is 4.79 Å². The van der Waals surface area contributed by atoms with E-state index in [4.69, 9.17) is 4.74 Å². The molecule has 1 saturated heterocycles. The molecule has 7 heteroatoms. The standard InChI is InChI=1S/C14H26N2O5/c1-8(2)11(15-13(20)21-14(3,4)5)12(19)16-6-9(17)10(18)7-16/h8-11,17-18H,6-7H2,1-5H3,(H,15,20)/t9-,10-,11-/m0/s1. The molecule has 122 valence electrons. The van der Waals surface area contributed by atoms with E-state index < -0.39 is 29.9 Å². The molecule has 3 atom stereocenters. The molecule has 0 aliphatic carbocycles. The van der Waals surface area contributed by atoms with E-state index in [2.05, 4.69) is 5.32 Å². The van der Waals surface area contributed by atoms with E-state index in [-0.39, 0.29) is 24.9 Å². The quantitative estimate of drug-likeness (QED) is 0.687. The number of aliphatic hydroxyl groups excluding tert-OH is 2. The smallest absolute Gasteiger partial charge is 0.408 e. The highest BCUT2D eigenvalue weighted by molar-refractivity contribution is 5.86. The van der Waals surface area contributed by atoms with E-state index in [0.717, 1.165) is 0 Å². The molecule has 7 nitrogen and oxygen atoms in total. The van der Waals surface area contributed by atoms with Gasteiger partial charge in [-0.2, -0.15) is 0 Å². The van der Waals surface area contributed by atoms with Crippen LogP contribution in [0.5, 0.6) is 0 Å². The molecule has 1 aliphatic rings. The van der Waals surface area contributed by atoms with Gasteiger partial charge in [-0.05, 0) is 26.7 Å². The summed E-state index contributed by atoms with van der Waals surface area (Å²) < 4.78 is 5.15. The second kappa shape index (κ2) is 6.62. The summed E-state index contributed by atoms with van der Waals surface area (Å²) in [6, 6.07) is -0.752. The number of rotatable bonds is 3. The second-order valence-corrected chi connectivity index (χ2v) is 6.75. The van der Waals surface area contributed by atoms with Crippen LogP contribution in [0.1, 0.15) is 34.6 Å². The van der Waals surface area contributed by atoms with Crippen molar-refractivity contribution in [1.29, 1.82) is 0 Å². The Hall–Kier alpha value is -1.34. The third-order valence-electron chi connectivity index (χ3n) is 3.18. The zero-order chi connectivity index (χ0) is 16.4.